The number of nitrogens with zero attached hydrogens (tertiary/aromatic N) is 3. The molecular formula is C20H19FN4O5. The van der Waals surface area contributed by atoms with E-state index in [4.69, 9.17) is 9.26 Å². The zero-order valence-electron chi connectivity index (χ0n) is 16.5. The number of amides is 1. The van der Waals surface area contributed by atoms with Crippen LogP contribution in [0, 0.1) is 22.9 Å². The van der Waals surface area contributed by atoms with Crippen molar-refractivity contribution in [3.63, 3.8) is 0 Å². The number of carbonyl (C=O) groups excluding carboxylic acids is 1. The van der Waals surface area contributed by atoms with Crippen molar-refractivity contribution in [3.8, 4) is 17.2 Å². The Hall–Kier alpha value is -3.82. The lowest BCUT2D eigenvalue weighted by Crippen LogP contribution is -2.21. The van der Waals surface area contributed by atoms with E-state index in [1.54, 1.807) is 12.1 Å². The summed E-state index contributed by atoms with van der Waals surface area (Å²) >= 11 is 0. The number of ether oxygens (including phenoxy) is 1. The highest BCUT2D eigenvalue weighted by Gasteiger charge is 2.18. The molecule has 0 bridgehead atoms. The first-order valence-corrected chi connectivity index (χ1v) is 9.06. The van der Waals surface area contributed by atoms with E-state index >= 15 is 0 Å². The van der Waals surface area contributed by atoms with Gasteiger partial charge in [-0.05, 0) is 24.6 Å². The van der Waals surface area contributed by atoms with Crippen LogP contribution in [-0.4, -0.2) is 27.6 Å². The highest BCUT2D eigenvalue weighted by Crippen LogP contribution is 2.30. The molecule has 0 unspecified atom stereocenters. The maximum Gasteiger partial charge on any atom is 0.305 e. The molecule has 0 aliphatic rings. The summed E-state index contributed by atoms with van der Waals surface area (Å²) in [4.78, 5) is 26.6. The Morgan fingerprint density at radius 2 is 2.10 bits per heavy atom. The van der Waals surface area contributed by atoms with Crippen LogP contribution in [0.4, 0.5) is 15.8 Å². The zero-order valence-corrected chi connectivity index (χ0v) is 16.5. The van der Waals surface area contributed by atoms with Crippen LogP contribution in [-0.2, 0) is 4.79 Å². The van der Waals surface area contributed by atoms with Gasteiger partial charge in [-0.3, -0.25) is 14.9 Å². The summed E-state index contributed by atoms with van der Waals surface area (Å²) in [6.07, 6.45) is 0. The third-order valence-electron chi connectivity index (χ3n) is 4.21. The van der Waals surface area contributed by atoms with Crippen LogP contribution in [0.5, 0.6) is 5.75 Å². The lowest BCUT2D eigenvalue weighted by molar-refractivity contribution is -0.387. The van der Waals surface area contributed by atoms with Crippen LogP contribution < -0.4 is 10.1 Å². The molecule has 0 spiro atoms. The molecule has 1 heterocycles. The van der Waals surface area contributed by atoms with Gasteiger partial charge in [0.25, 0.3) is 11.8 Å². The third kappa shape index (κ3) is 4.59. The molecule has 10 heteroatoms. The number of para-hydroxylation sites is 1. The van der Waals surface area contributed by atoms with Crippen LogP contribution in [0.2, 0.25) is 0 Å². The number of halogens is 1. The minimum absolute atomic E-state index is 0.00302. The monoisotopic (exact) mass is 414 g/mol. The van der Waals surface area contributed by atoms with Crippen molar-refractivity contribution in [2.45, 2.75) is 26.7 Å². The van der Waals surface area contributed by atoms with Gasteiger partial charge in [-0.15, -0.1) is 0 Å². The predicted molar refractivity (Wildman–Crippen MR) is 106 cm³/mol. The van der Waals surface area contributed by atoms with E-state index in [0.29, 0.717) is 17.1 Å². The van der Waals surface area contributed by atoms with Gasteiger partial charge < -0.3 is 14.6 Å². The van der Waals surface area contributed by atoms with Gasteiger partial charge in [-0.2, -0.15) is 9.37 Å². The van der Waals surface area contributed by atoms with Gasteiger partial charge in [0.05, 0.1) is 16.2 Å². The van der Waals surface area contributed by atoms with E-state index in [9.17, 15) is 19.3 Å². The van der Waals surface area contributed by atoms with Crippen molar-refractivity contribution in [3.05, 3.63) is 63.7 Å². The highest BCUT2D eigenvalue weighted by molar-refractivity contribution is 5.96. The summed E-state index contributed by atoms with van der Waals surface area (Å²) in [7, 11) is 0. The fraction of sp³-hybridized carbons (Fsp3) is 0.250. The minimum atomic E-state index is -1.04. The molecule has 0 aliphatic heterocycles. The van der Waals surface area contributed by atoms with Crippen molar-refractivity contribution in [2.24, 2.45) is 0 Å². The summed E-state index contributed by atoms with van der Waals surface area (Å²) in [5.74, 6) is -0.648. The standard InChI is InChI=1S/C20H19FN4O5/c1-11(2)19-23-20(30-24-19)14-6-4-5-12(3)18(14)22-17(26)10-29-13-7-8-16(25(27)28)15(21)9-13/h4-9,11H,10H2,1-3H3,(H,22,26). The van der Waals surface area contributed by atoms with Gasteiger partial charge in [-0.25, -0.2) is 0 Å². The van der Waals surface area contributed by atoms with Gasteiger partial charge >= 0.3 is 5.69 Å². The topological polar surface area (TPSA) is 120 Å². The van der Waals surface area contributed by atoms with Gasteiger partial charge in [0, 0.05) is 18.1 Å². The van der Waals surface area contributed by atoms with E-state index in [1.165, 1.54) is 6.07 Å². The number of carbonyl (C=O) groups is 1. The zero-order chi connectivity index (χ0) is 21.8. The summed E-state index contributed by atoms with van der Waals surface area (Å²) < 4.78 is 24.3. The van der Waals surface area contributed by atoms with Crippen LogP contribution in [0.1, 0.15) is 31.2 Å². The number of aryl methyl sites for hydroxylation is 1. The summed E-state index contributed by atoms with van der Waals surface area (Å²) in [5, 5.41) is 17.3. The van der Waals surface area contributed by atoms with Crippen molar-refractivity contribution in [1.29, 1.82) is 0 Å². The first-order chi connectivity index (χ1) is 14.3. The van der Waals surface area contributed by atoms with Crippen molar-refractivity contribution >= 4 is 17.3 Å². The lowest BCUT2D eigenvalue weighted by Gasteiger charge is -2.12. The van der Waals surface area contributed by atoms with E-state index in [-0.39, 0.29) is 17.6 Å². The quantitative estimate of drug-likeness (QED) is 0.453. The molecule has 1 aromatic heterocycles. The lowest BCUT2D eigenvalue weighted by atomic mass is 10.1. The smallest absolute Gasteiger partial charge is 0.305 e. The number of nitro benzene ring substituents is 1. The fourth-order valence-corrected chi connectivity index (χ4v) is 2.64. The van der Waals surface area contributed by atoms with Crippen molar-refractivity contribution < 1.29 is 23.4 Å². The molecule has 3 rings (SSSR count). The molecule has 3 aromatic rings. The molecule has 0 aliphatic carbocycles. The molecule has 1 amide bonds. The number of hydrogen-bond acceptors (Lipinski definition) is 7. The molecule has 1 N–H and O–H groups in total. The third-order valence-corrected chi connectivity index (χ3v) is 4.21. The average molecular weight is 414 g/mol. The van der Waals surface area contributed by atoms with Crippen molar-refractivity contribution in [2.75, 3.05) is 11.9 Å². The summed E-state index contributed by atoms with van der Waals surface area (Å²) in [6, 6.07) is 8.41. The van der Waals surface area contributed by atoms with Crippen LogP contribution in [0.3, 0.4) is 0 Å². The molecule has 0 saturated heterocycles. The number of nitro groups is 1. The Morgan fingerprint density at radius 1 is 1.33 bits per heavy atom. The Labute approximate surface area is 171 Å². The van der Waals surface area contributed by atoms with E-state index in [0.717, 1.165) is 17.7 Å². The number of hydrogen-bond donors (Lipinski definition) is 1. The fourth-order valence-electron chi connectivity index (χ4n) is 2.64. The second-order valence-corrected chi connectivity index (χ2v) is 6.82. The van der Waals surface area contributed by atoms with E-state index in [1.807, 2.05) is 26.8 Å². The van der Waals surface area contributed by atoms with Crippen LogP contribution >= 0.6 is 0 Å². The number of nitrogens with one attached hydrogen (secondary N) is 1. The molecule has 0 saturated carbocycles. The predicted octanol–water partition coefficient (Wildman–Crippen LogP) is 4.23. The maximum absolute atomic E-state index is 13.7. The Morgan fingerprint density at radius 3 is 2.73 bits per heavy atom. The maximum atomic E-state index is 13.7. The van der Waals surface area contributed by atoms with Gasteiger partial charge in [-0.1, -0.05) is 31.1 Å². The Bertz CT molecular complexity index is 1100. The number of aromatic nitrogens is 2. The van der Waals surface area contributed by atoms with E-state index in [2.05, 4.69) is 15.5 Å². The SMILES string of the molecule is Cc1cccc(-c2nc(C(C)C)no2)c1NC(=O)COc1ccc([N+](=O)[O-])c(F)c1. The molecule has 2 aromatic carbocycles. The highest BCUT2D eigenvalue weighted by atomic mass is 19.1. The van der Waals surface area contributed by atoms with Crippen LogP contribution in [0.25, 0.3) is 11.5 Å². The molecule has 156 valence electrons. The Balaban J connectivity index is 1.74. The van der Waals surface area contributed by atoms with Gasteiger partial charge in [0.15, 0.2) is 12.4 Å². The number of anilines is 1. The molecule has 30 heavy (non-hydrogen) atoms. The van der Waals surface area contributed by atoms with Crippen molar-refractivity contribution in [1.82, 2.24) is 10.1 Å². The first-order valence-electron chi connectivity index (χ1n) is 9.06. The molecular weight excluding hydrogens is 395 g/mol. The number of rotatable bonds is 7. The van der Waals surface area contributed by atoms with Crippen LogP contribution in [0.15, 0.2) is 40.9 Å². The molecule has 0 fully saturated rings. The average Bonchev–Trinajstić information content (AvgIpc) is 3.18. The molecule has 0 atom stereocenters. The molecule has 0 radical (unpaired) electrons. The molecule has 9 nitrogen and oxygen atoms in total. The second kappa shape index (κ2) is 8.68. The summed E-state index contributed by atoms with van der Waals surface area (Å²) in [6.45, 7) is 5.26. The number of benzene rings is 2. The minimum Gasteiger partial charge on any atom is -0.484 e. The van der Waals surface area contributed by atoms with E-state index < -0.39 is 28.9 Å². The first kappa shape index (κ1) is 20.9. The van der Waals surface area contributed by atoms with Gasteiger partial charge in [0.1, 0.15) is 5.75 Å². The Kier molecular flexibility index (Phi) is 6.05. The van der Waals surface area contributed by atoms with Gasteiger partial charge in [0.2, 0.25) is 5.82 Å². The summed E-state index contributed by atoms with van der Waals surface area (Å²) in [5.41, 5.74) is 1.15. The second-order valence-electron chi connectivity index (χ2n) is 6.82. The largest absolute Gasteiger partial charge is 0.484 e. The normalized spacial score (nSPS) is 10.8.